The summed E-state index contributed by atoms with van der Waals surface area (Å²) in [7, 11) is -2.36. The van der Waals surface area contributed by atoms with Crippen molar-refractivity contribution < 1.29 is 13.2 Å². The van der Waals surface area contributed by atoms with Crippen LogP contribution in [0.2, 0.25) is 0 Å². The summed E-state index contributed by atoms with van der Waals surface area (Å²) in [6, 6.07) is 7.36. The summed E-state index contributed by atoms with van der Waals surface area (Å²) >= 11 is 0.909. The Morgan fingerprint density at radius 1 is 1.32 bits per heavy atom. The summed E-state index contributed by atoms with van der Waals surface area (Å²) in [6.45, 7) is 0. The molecule has 1 amide bonds. The number of carbonyl (C=O) groups is 1. The molecule has 0 aliphatic rings. The number of hydrogen-bond donors (Lipinski definition) is 2. The molecule has 0 bridgehead atoms. The minimum absolute atomic E-state index is 0.0715. The number of nitrogens with zero attached hydrogens (tertiary/aromatic N) is 1. The van der Waals surface area contributed by atoms with Crippen molar-refractivity contribution in [2.75, 3.05) is 0 Å². The fourth-order valence-electron chi connectivity index (χ4n) is 2.02. The molecular weight excluding hydrogens is 326 g/mol. The number of benzene rings is 1. The first-order valence-corrected chi connectivity index (χ1v) is 8.48. The molecule has 0 spiro atoms. The second-order valence-corrected chi connectivity index (χ2v) is 7.31. The molecule has 1 aromatic carbocycles. The molecule has 3 aromatic rings. The van der Waals surface area contributed by atoms with Crippen molar-refractivity contribution in [1.82, 2.24) is 14.3 Å². The van der Waals surface area contributed by atoms with Gasteiger partial charge in [0.15, 0.2) is 0 Å². The summed E-state index contributed by atoms with van der Waals surface area (Å²) < 4.78 is 28.6. The van der Waals surface area contributed by atoms with Crippen molar-refractivity contribution >= 4 is 37.5 Å². The predicted molar refractivity (Wildman–Crippen MR) is 82.5 cm³/mol. The van der Waals surface area contributed by atoms with Crippen LogP contribution >= 0.6 is 11.3 Å². The van der Waals surface area contributed by atoms with E-state index in [2.05, 4.69) is 4.98 Å². The monoisotopic (exact) mass is 337 g/mol. The molecule has 0 radical (unpaired) electrons. The lowest BCUT2D eigenvalue weighted by atomic mass is 10.3. The van der Waals surface area contributed by atoms with Crippen molar-refractivity contribution in [3.05, 3.63) is 51.9 Å². The molecule has 0 aliphatic carbocycles. The third kappa shape index (κ3) is 2.55. The maximum Gasteiger partial charge on any atom is 0.305 e. The van der Waals surface area contributed by atoms with Crippen molar-refractivity contribution in [3.63, 3.8) is 0 Å². The van der Waals surface area contributed by atoms with Crippen LogP contribution in [0.1, 0.15) is 10.5 Å². The number of aryl methyl sites for hydroxylation is 1. The highest BCUT2D eigenvalue weighted by Gasteiger charge is 2.20. The molecule has 0 fully saturated rings. The first kappa shape index (κ1) is 14.5. The normalized spacial score (nSPS) is 11.7. The number of thiazole rings is 1. The van der Waals surface area contributed by atoms with E-state index >= 15 is 0 Å². The van der Waals surface area contributed by atoms with Crippen molar-refractivity contribution in [1.29, 1.82) is 0 Å². The molecule has 3 rings (SSSR count). The van der Waals surface area contributed by atoms with Crippen LogP contribution in [-0.2, 0) is 17.1 Å². The summed E-state index contributed by atoms with van der Waals surface area (Å²) in [5.41, 5.74) is 0.790. The molecule has 9 heteroatoms. The van der Waals surface area contributed by atoms with E-state index in [9.17, 15) is 18.0 Å². The van der Waals surface area contributed by atoms with Gasteiger partial charge in [0.2, 0.25) is 0 Å². The van der Waals surface area contributed by atoms with E-state index < -0.39 is 15.9 Å². The van der Waals surface area contributed by atoms with E-state index in [-0.39, 0.29) is 15.5 Å². The van der Waals surface area contributed by atoms with Gasteiger partial charge in [-0.1, -0.05) is 11.3 Å². The lowest BCUT2D eigenvalue weighted by Gasteiger charge is -2.07. The lowest BCUT2D eigenvalue weighted by Crippen LogP contribution is -2.31. The second-order valence-electron chi connectivity index (χ2n) is 4.61. The summed E-state index contributed by atoms with van der Waals surface area (Å²) in [5.74, 6) is -0.713. The number of hydrogen-bond acceptors (Lipinski definition) is 5. The average Bonchev–Trinajstić information content (AvgIpc) is 3.01. The third-order valence-electron chi connectivity index (χ3n) is 3.11. The van der Waals surface area contributed by atoms with Gasteiger partial charge in [0, 0.05) is 13.2 Å². The van der Waals surface area contributed by atoms with Gasteiger partial charge in [-0.2, -0.15) is 0 Å². The van der Waals surface area contributed by atoms with E-state index in [1.54, 1.807) is 19.3 Å². The number of amides is 1. The molecule has 22 heavy (non-hydrogen) atoms. The first-order chi connectivity index (χ1) is 10.4. The zero-order valence-electron chi connectivity index (χ0n) is 11.4. The molecule has 0 unspecified atom stereocenters. The SMILES string of the molecule is Cn1cccc1C(=O)NS(=O)(=O)c1ccc2[nH]c(=O)sc2c1. The second kappa shape index (κ2) is 5.11. The van der Waals surface area contributed by atoms with Gasteiger partial charge in [0.05, 0.1) is 15.1 Å². The predicted octanol–water partition coefficient (Wildman–Crippen LogP) is 1.05. The third-order valence-corrected chi connectivity index (χ3v) is 5.28. The smallest absolute Gasteiger partial charge is 0.305 e. The van der Waals surface area contributed by atoms with Crippen LogP contribution in [0.15, 0.2) is 46.2 Å². The van der Waals surface area contributed by atoms with Gasteiger partial charge in [0.1, 0.15) is 5.69 Å². The van der Waals surface area contributed by atoms with Crippen LogP contribution in [0.25, 0.3) is 10.2 Å². The Balaban J connectivity index is 1.96. The maximum atomic E-state index is 12.3. The highest BCUT2D eigenvalue weighted by molar-refractivity contribution is 7.90. The Morgan fingerprint density at radius 2 is 2.09 bits per heavy atom. The van der Waals surface area contributed by atoms with E-state index in [1.807, 2.05) is 4.72 Å². The van der Waals surface area contributed by atoms with Gasteiger partial charge in [-0.05, 0) is 30.3 Å². The Hall–Kier alpha value is -2.39. The van der Waals surface area contributed by atoms with E-state index in [0.717, 1.165) is 11.3 Å². The molecule has 0 saturated heterocycles. The molecular formula is C13H11N3O4S2. The quantitative estimate of drug-likeness (QED) is 0.746. The Kier molecular flexibility index (Phi) is 3.38. The molecule has 0 saturated carbocycles. The largest absolute Gasteiger partial charge is 0.347 e. The fraction of sp³-hybridized carbons (Fsp3) is 0.0769. The molecule has 2 N–H and O–H groups in total. The van der Waals surface area contributed by atoms with Gasteiger partial charge in [-0.25, -0.2) is 13.1 Å². The number of rotatable bonds is 3. The molecule has 0 atom stereocenters. The van der Waals surface area contributed by atoms with Gasteiger partial charge in [0.25, 0.3) is 15.9 Å². The van der Waals surface area contributed by atoms with Gasteiger partial charge in [-0.15, -0.1) is 0 Å². The standard InChI is InChI=1S/C13H11N3O4S2/c1-16-6-2-3-10(16)12(17)15-22(19,20)8-4-5-9-11(7-8)21-13(18)14-9/h2-7H,1H3,(H,14,18)(H,15,17). The van der Waals surface area contributed by atoms with Crippen LogP contribution in [0, 0.1) is 0 Å². The molecule has 7 nitrogen and oxygen atoms in total. The summed E-state index contributed by atoms with van der Waals surface area (Å²) in [4.78, 5) is 25.5. The molecule has 0 aliphatic heterocycles. The number of sulfonamides is 1. The number of fused-ring (bicyclic) bond motifs is 1. The van der Waals surface area contributed by atoms with E-state index in [0.29, 0.717) is 10.2 Å². The lowest BCUT2D eigenvalue weighted by molar-refractivity contribution is 0.0973. The van der Waals surface area contributed by atoms with Crippen LogP contribution in [0.5, 0.6) is 0 Å². The van der Waals surface area contributed by atoms with Gasteiger partial charge in [-0.3, -0.25) is 9.59 Å². The number of aromatic nitrogens is 2. The highest BCUT2D eigenvalue weighted by atomic mass is 32.2. The van der Waals surface area contributed by atoms with Crippen molar-refractivity contribution in [2.45, 2.75) is 4.90 Å². The fourth-order valence-corrected chi connectivity index (χ4v) is 3.86. The Labute approximate surface area is 129 Å². The van der Waals surface area contributed by atoms with Crippen LogP contribution < -0.4 is 9.60 Å². The minimum Gasteiger partial charge on any atom is -0.347 e. The highest BCUT2D eigenvalue weighted by Crippen LogP contribution is 2.19. The average molecular weight is 337 g/mol. The molecule has 2 heterocycles. The Morgan fingerprint density at radius 3 is 2.77 bits per heavy atom. The van der Waals surface area contributed by atoms with Crippen LogP contribution in [0.3, 0.4) is 0 Å². The zero-order valence-corrected chi connectivity index (χ0v) is 13.0. The first-order valence-electron chi connectivity index (χ1n) is 6.18. The molecule has 114 valence electrons. The van der Waals surface area contributed by atoms with Crippen molar-refractivity contribution in [3.8, 4) is 0 Å². The summed E-state index contributed by atoms with van der Waals surface area (Å²) in [6.07, 6.45) is 1.64. The van der Waals surface area contributed by atoms with Crippen LogP contribution in [0.4, 0.5) is 0 Å². The van der Waals surface area contributed by atoms with Gasteiger partial charge >= 0.3 is 4.87 Å². The van der Waals surface area contributed by atoms with E-state index in [4.69, 9.17) is 0 Å². The number of aromatic amines is 1. The molecule has 2 aromatic heterocycles. The minimum atomic E-state index is -4.01. The maximum absolute atomic E-state index is 12.3. The number of carbonyl (C=O) groups excluding carboxylic acids is 1. The summed E-state index contributed by atoms with van der Waals surface area (Å²) in [5, 5.41) is 0. The Bertz CT molecular complexity index is 1030. The van der Waals surface area contributed by atoms with Gasteiger partial charge < -0.3 is 9.55 Å². The van der Waals surface area contributed by atoms with Crippen LogP contribution in [-0.4, -0.2) is 23.9 Å². The number of nitrogens with one attached hydrogen (secondary N) is 2. The topological polar surface area (TPSA) is 101 Å². The van der Waals surface area contributed by atoms with E-state index in [1.165, 1.54) is 28.8 Å². The number of H-pyrrole nitrogens is 1. The van der Waals surface area contributed by atoms with Crippen molar-refractivity contribution in [2.24, 2.45) is 7.05 Å². The zero-order chi connectivity index (χ0) is 15.9.